The third-order valence-corrected chi connectivity index (χ3v) is 2.64. The summed E-state index contributed by atoms with van der Waals surface area (Å²) in [4.78, 5) is 0. The van der Waals surface area contributed by atoms with Crippen molar-refractivity contribution in [3.05, 3.63) is 17.8 Å². The maximum atomic E-state index is 5.49. The topological polar surface area (TPSA) is 47.0 Å². The van der Waals surface area contributed by atoms with Gasteiger partial charge in [0.25, 0.3) is 0 Å². The van der Waals surface area contributed by atoms with E-state index >= 15 is 0 Å². The largest absolute Gasteiger partial charge is 0.378 e. The van der Waals surface area contributed by atoms with Crippen molar-refractivity contribution in [1.29, 1.82) is 0 Å². The number of aromatic nitrogens is 2. The van der Waals surface area contributed by atoms with E-state index in [-0.39, 0.29) is 0 Å². The Labute approximate surface area is 90.1 Å². The van der Waals surface area contributed by atoms with Crippen molar-refractivity contribution in [3.8, 4) is 0 Å². The quantitative estimate of drug-likeness (QED) is 0.802. The molecule has 2 heterocycles. The van der Waals surface area contributed by atoms with E-state index in [4.69, 9.17) is 4.74 Å². The highest BCUT2D eigenvalue weighted by atomic mass is 16.5. The summed E-state index contributed by atoms with van der Waals surface area (Å²) in [5, 5.41) is 11.5. The summed E-state index contributed by atoms with van der Waals surface area (Å²) >= 11 is 0. The van der Waals surface area contributed by atoms with Crippen molar-refractivity contribution in [1.82, 2.24) is 10.2 Å². The molecule has 0 amide bonds. The van der Waals surface area contributed by atoms with Gasteiger partial charge in [-0.15, -0.1) is 5.10 Å². The van der Waals surface area contributed by atoms with Crippen LogP contribution in [0.2, 0.25) is 0 Å². The van der Waals surface area contributed by atoms with Gasteiger partial charge in [-0.1, -0.05) is 0 Å². The van der Waals surface area contributed by atoms with Crippen LogP contribution in [0.15, 0.2) is 12.1 Å². The summed E-state index contributed by atoms with van der Waals surface area (Å²) in [6.07, 6.45) is 2.42. The van der Waals surface area contributed by atoms with E-state index in [1.165, 1.54) is 0 Å². The van der Waals surface area contributed by atoms with E-state index in [1.54, 1.807) is 0 Å². The molecule has 1 aromatic rings. The zero-order valence-electron chi connectivity index (χ0n) is 9.23. The Kier molecular flexibility index (Phi) is 3.16. The highest BCUT2D eigenvalue weighted by Crippen LogP contribution is 2.16. The number of ether oxygens (including phenoxy) is 1. The summed E-state index contributed by atoms with van der Waals surface area (Å²) < 4.78 is 5.49. The van der Waals surface area contributed by atoms with E-state index in [0.717, 1.165) is 31.0 Å². The summed E-state index contributed by atoms with van der Waals surface area (Å²) in [7, 11) is 0. The highest BCUT2D eigenvalue weighted by Gasteiger charge is 2.19. The summed E-state index contributed by atoms with van der Waals surface area (Å²) in [5.74, 6) is 0.861. The molecule has 1 aliphatic rings. The number of anilines is 1. The molecule has 1 aromatic heterocycles. The lowest BCUT2D eigenvalue weighted by Crippen LogP contribution is -2.32. The Balaban J connectivity index is 1.93. The van der Waals surface area contributed by atoms with Crippen LogP contribution in [-0.4, -0.2) is 29.0 Å². The van der Waals surface area contributed by atoms with Gasteiger partial charge in [0.15, 0.2) is 0 Å². The predicted molar refractivity (Wildman–Crippen MR) is 58.8 cm³/mol. The van der Waals surface area contributed by atoms with Gasteiger partial charge in [0, 0.05) is 12.6 Å². The fraction of sp³-hybridized carbons (Fsp3) is 0.636. The third kappa shape index (κ3) is 2.89. The molecule has 0 aromatic carbocycles. The van der Waals surface area contributed by atoms with Crippen LogP contribution < -0.4 is 5.32 Å². The Bertz CT molecular complexity index is 312. The molecule has 1 aliphatic heterocycles. The van der Waals surface area contributed by atoms with Crippen molar-refractivity contribution < 1.29 is 4.74 Å². The minimum absolute atomic E-state index is 0.342. The third-order valence-electron chi connectivity index (χ3n) is 2.64. The second kappa shape index (κ2) is 4.57. The van der Waals surface area contributed by atoms with Crippen LogP contribution in [-0.2, 0) is 4.74 Å². The number of nitrogens with zero attached hydrogens (tertiary/aromatic N) is 2. The maximum absolute atomic E-state index is 5.49. The minimum Gasteiger partial charge on any atom is -0.378 e. The fourth-order valence-corrected chi connectivity index (χ4v) is 1.81. The van der Waals surface area contributed by atoms with Crippen LogP contribution >= 0.6 is 0 Å². The first-order valence-electron chi connectivity index (χ1n) is 5.42. The molecule has 2 atom stereocenters. The molecule has 0 saturated carbocycles. The molecule has 4 nitrogen and oxygen atoms in total. The molecular weight excluding hydrogens is 190 g/mol. The molecular formula is C11H17N3O. The standard InChI is InChI=1S/C11H17N3O/c1-8-3-4-11(14-13-8)12-10-5-6-15-9(2)7-10/h3-4,9-10H,5-7H2,1-2H3,(H,12,14). The number of hydrogen-bond donors (Lipinski definition) is 1. The minimum atomic E-state index is 0.342. The van der Waals surface area contributed by atoms with Gasteiger partial charge in [0.2, 0.25) is 0 Å². The van der Waals surface area contributed by atoms with E-state index in [0.29, 0.717) is 12.1 Å². The lowest BCUT2D eigenvalue weighted by Gasteiger charge is -2.28. The zero-order valence-corrected chi connectivity index (χ0v) is 9.23. The van der Waals surface area contributed by atoms with Gasteiger partial charge < -0.3 is 10.1 Å². The summed E-state index contributed by atoms with van der Waals surface area (Å²) in [6, 6.07) is 4.41. The van der Waals surface area contributed by atoms with Crippen LogP contribution in [0.25, 0.3) is 0 Å². The molecule has 0 radical (unpaired) electrons. The van der Waals surface area contributed by atoms with Crippen molar-refractivity contribution >= 4 is 5.82 Å². The lowest BCUT2D eigenvalue weighted by molar-refractivity contribution is 0.0231. The van der Waals surface area contributed by atoms with Gasteiger partial charge in [-0.05, 0) is 38.8 Å². The fourth-order valence-electron chi connectivity index (χ4n) is 1.81. The maximum Gasteiger partial charge on any atom is 0.148 e. The van der Waals surface area contributed by atoms with Gasteiger partial charge in [0.1, 0.15) is 5.82 Å². The van der Waals surface area contributed by atoms with E-state index in [9.17, 15) is 0 Å². The molecule has 2 unspecified atom stereocenters. The molecule has 4 heteroatoms. The lowest BCUT2D eigenvalue weighted by atomic mass is 10.0. The van der Waals surface area contributed by atoms with E-state index in [1.807, 2.05) is 19.1 Å². The van der Waals surface area contributed by atoms with Crippen molar-refractivity contribution in [2.24, 2.45) is 0 Å². The van der Waals surface area contributed by atoms with Crippen molar-refractivity contribution in [3.63, 3.8) is 0 Å². The van der Waals surface area contributed by atoms with Crippen LogP contribution in [0.4, 0.5) is 5.82 Å². The smallest absolute Gasteiger partial charge is 0.148 e. The summed E-state index contributed by atoms with van der Waals surface area (Å²) in [6.45, 7) is 4.88. The first-order valence-corrected chi connectivity index (χ1v) is 5.42. The average molecular weight is 207 g/mol. The van der Waals surface area contributed by atoms with Gasteiger partial charge in [-0.2, -0.15) is 5.10 Å². The Hall–Kier alpha value is -1.16. The highest BCUT2D eigenvalue weighted by molar-refractivity contribution is 5.34. The first-order chi connectivity index (χ1) is 7.24. The molecule has 2 rings (SSSR count). The van der Waals surface area contributed by atoms with E-state index in [2.05, 4.69) is 22.4 Å². The molecule has 1 N–H and O–H groups in total. The van der Waals surface area contributed by atoms with Gasteiger partial charge in [-0.3, -0.25) is 0 Å². The number of hydrogen-bond acceptors (Lipinski definition) is 4. The molecule has 0 spiro atoms. The van der Waals surface area contributed by atoms with Crippen molar-refractivity contribution in [2.75, 3.05) is 11.9 Å². The number of aryl methyl sites for hydroxylation is 1. The second-order valence-corrected chi connectivity index (χ2v) is 4.11. The second-order valence-electron chi connectivity index (χ2n) is 4.11. The normalized spacial score (nSPS) is 26.3. The van der Waals surface area contributed by atoms with Crippen LogP contribution in [0.5, 0.6) is 0 Å². The molecule has 15 heavy (non-hydrogen) atoms. The molecule has 1 saturated heterocycles. The average Bonchev–Trinajstić information content (AvgIpc) is 2.22. The van der Waals surface area contributed by atoms with Gasteiger partial charge in [-0.25, -0.2) is 0 Å². The van der Waals surface area contributed by atoms with Gasteiger partial charge >= 0.3 is 0 Å². The van der Waals surface area contributed by atoms with Gasteiger partial charge in [0.05, 0.1) is 11.8 Å². The Morgan fingerprint density at radius 3 is 2.93 bits per heavy atom. The molecule has 82 valence electrons. The predicted octanol–water partition coefficient (Wildman–Crippen LogP) is 1.76. The van der Waals surface area contributed by atoms with Crippen LogP contribution in [0.1, 0.15) is 25.5 Å². The molecule has 0 aliphatic carbocycles. The number of nitrogens with one attached hydrogen (secondary N) is 1. The van der Waals surface area contributed by atoms with Crippen molar-refractivity contribution in [2.45, 2.75) is 38.8 Å². The number of rotatable bonds is 2. The summed E-state index contributed by atoms with van der Waals surface area (Å²) in [5.41, 5.74) is 0.945. The van der Waals surface area contributed by atoms with E-state index < -0.39 is 0 Å². The zero-order chi connectivity index (χ0) is 10.7. The molecule has 0 bridgehead atoms. The van der Waals surface area contributed by atoms with Crippen LogP contribution in [0, 0.1) is 6.92 Å². The Morgan fingerprint density at radius 1 is 1.40 bits per heavy atom. The van der Waals surface area contributed by atoms with Crippen LogP contribution in [0.3, 0.4) is 0 Å². The Morgan fingerprint density at radius 2 is 2.27 bits per heavy atom. The monoisotopic (exact) mass is 207 g/mol. The SMILES string of the molecule is Cc1ccc(NC2CCOC(C)C2)nn1. The first kappa shape index (κ1) is 10.4. The molecule has 1 fully saturated rings.